The molecule has 6 heteroatoms. The molecule has 1 heterocycles. The summed E-state index contributed by atoms with van der Waals surface area (Å²) >= 11 is 0. The highest BCUT2D eigenvalue weighted by molar-refractivity contribution is 5.89. The molecule has 1 aliphatic heterocycles. The first-order valence-corrected chi connectivity index (χ1v) is 5.33. The number of likely N-dealkylation sites (tertiary alicyclic amines) is 1. The van der Waals surface area contributed by atoms with Crippen LogP contribution in [0.5, 0.6) is 0 Å². The molecule has 0 saturated carbocycles. The van der Waals surface area contributed by atoms with Gasteiger partial charge >= 0.3 is 6.03 Å². The zero-order valence-electron chi connectivity index (χ0n) is 9.12. The van der Waals surface area contributed by atoms with E-state index in [0.717, 1.165) is 18.6 Å². The summed E-state index contributed by atoms with van der Waals surface area (Å²) in [6.07, 6.45) is 0.755. The Labute approximate surface area is 97.4 Å². The Morgan fingerprint density at radius 1 is 1.41 bits per heavy atom. The van der Waals surface area contributed by atoms with Crippen LogP contribution in [0, 0.1) is 11.6 Å². The number of carbonyl (C=O) groups is 1. The Hall–Kier alpha value is -1.69. The summed E-state index contributed by atoms with van der Waals surface area (Å²) in [5.74, 6) is -1.92. The quantitative estimate of drug-likeness (QED) is 0.783. The van der Waals surface area contributed by atoms with Gasteiger partial charge < -0.3 is 16.0 Å². The van der Waals surface area contributed by atoms with E-state index in [-0.39, 0.29) is 17.8 Å². The second-order valence-corrected chi connectivity index (χ2v) is 4.05. The highest BCUT2D eigenvalue weighted by atomic mass is 19.2. The summed E-state index contributed by atoms with van der Waals surface area (Å²) in [4.78, 5) is 13.2. The maximum atomic E-state index is 12.9. The molecule has 1 aliphatic rings. The number of hydrogen-bond donors (Lipinski definition) is 2. The van der Waals surface area contributed by atoms with Gasteiger partial charge in [-0.1, -0.05) is 0 Å². The van der Waals surface area contributed by atoms with Gasteiger partial charge in [-0.25, -0.2) is 13.6 Å². The summed E-state index contributed by atoms with van der Waals surface area (Å²) in [5, 5.41) is 2.50. The van der Waals surface area contributed by atoms with Gasteiger partial charge in [-0.3, -0.25) is 0 Å². The normalized spacial score (nSPS) is 19.5. The molecule has 92 valence electrons. The summed E-state index contributed by atoms with van der Waals surface area (Å²) in [7, 11) is 0. The van der Waals surface area contributed by atoms with Crippen LogP contribution >= 0.6 is 0 Å². The maximum absolute atomic E-state index is 12.9. The average molecular weight is 241 g/mol. The van der Waals surface area contributed by atoms with Crippen molar-refractivity contribution >= 4 is 11.7 Å². The molecule has 1 unspecified atom stereocenters. The van der Waals surface area contributed by atoms with Crippen molar-refractivity contribution in [1.82, 2.24) is 4.90 Å². The minimum Gasteiger partial charge on any atom is -0.326 e. The third kappa shape index (κ3) is 2.71. The van der Waals surface area contributed by atoms with Crippen molar-refractivity contribution in [2.45, 2.75) is 12.5 Å². The van der Waals surface area contributed by atoms with E-state index in [0.29, 0.717) is 13.1 Å². The number of urea groups is 1. The zero-order chi connectivity index (χ0) is 12.4. The molecular formula is C11H13F2N3O. The van der Waals surface area contributed by atoms with E-state index in [1.807, 2.05) is 0 Å². The molecule has 1 aromatic rings. The van der Waals surface area contributed by atoms with Gasteiger partial charge in [0, 0.05) is 30.9 Å². The zero-order valence-corrected chi connectivity index (χ0v) is 9.12. The van der Waals surface area contributed by atoms with Crippen molar-refractivity contribution in [3.05, 3.63) is 29.8 Å². The van der Waals surface area contributed by atoms with E-state index < -0.39 is 11.6 Å². The third-order valence-corrected chi connectivity index (χ3v) is 2.68. The van der Waals surface area contributed by atoms with Gasteiger partial charge in [0.25, 0.3) is 0 Å². The Morgan fingerprint density at radius 2 is 2.18 bits per heavy atom. The second-order valence-electron chi connectivity index (χ2n) is 4.05. The van der Waals surface area contributed by atoms with Crippen LogP contribution in [0.2, 0.25) is 0 Å². The molecular weight excluding hydrogens is 228 g/mol. The monoisotopic (exact) mass is 241 g/mol. The van der Waals surface area contributed by atoms with E-state index in [9.17, 15) is 13.6 Å². The fourth-order valence-electron chi connectivity index (χ4n) is 1.75. The van der Waals surface area contributed by atoms with Crippen LogP contribution in [0.25, 0.3) is 0 Å². The van der Waals surface area contributed by atoms with E-state index in [1.54, 1.807) is 4.90 Å². The molecule has 2 amide bonds. The first-order chi connectivity index (χ1) is 8.06. The first-order valence-electron chi connectivity index (χ1n) is 5.33. The molecule has 17 heavy (non-hydrogen) atoms. The van der Waals surface area contributed by atoms with Crippen LogP contribution in [0.3, 0.4) is 0 Å². The topological polar surface area (TPSA) is 58.4 Å². The standard InChI is InChI=1S/C11H13F2N3O/c12-9-2-1-8(5-10(9)13)15-11(17)16-4-3-7(14)6-16/h1-2,5,7H,3-4,6,14H2,(H,15,17). The summed E-state index contributed by atoms with van der Waals surface area (Å²) < 4.78 is 25.6. The third-order valence-electron chi connectivity index (χ3n) is 2.68. The van der Waals surface area contributed by atoms with Crippen molar-refractivity contribution in [2.24, 2.45) is 5.73 Å². The van der Waals surface area contributed by atoms with Crippen LogP contribution in [0.15, 0.2) is 18.2 Å². The van der Waals surface area contributed by atoms with Crippen molar-refractivity contribution < 1.29 is 13.6 Å². The van der Waals surface area contributed by atoms with Gasteiger partial charge in [-0.15, -0.1) is 0 Å². The van der Waals surface area contributed by atoms with Crippen LogP contribution in [-0.4, -0.2) is 30.1 Å². The fourth-order valence-corrected chi connectivity index (χ4v) is 1.75. The molecule has 0 bridgehead atoms. The van der Waals surface area contributed by atoms with Crippen LogP contribution < -0.4 is 11.1 Å². The Bertz CT molecular complexity index is 439. The lowest BCUT2D eigenvalue weighted by Gasteiger charge is -2.16. The molecule has 1 fully saturated rings. The smallest absolute Gasteiger partial charge is 0.321 e. The van der Waals surface area contributed by atoms with Gasteiger partial charge in [0.05, 0.1) is 0 Å². The van der Waals surface area contributed by atoms with Gasteiger partial charge in [0.2, 0.25) is 0 Å². The number of amides is 2. The number of anilines is 1. The second kappa shape index (κ2) is 4.67. The predicted octanol–water partition coefficient (Wildman–Crippen LogP) is 1.53. The number of nitrogens with zero attached hydrogens (tertiary/aromatic N) is 1. The first kappa shape index (κ1) is 11.8. The lowest BCUT2D eigenvalue weighted by atomic mass is 10.3. The molecule has 1 saturated heterocycles. The van der Waals surface area contributed by atoms with Crippen molar-refractivity contribution in [3.8, 4) is 0 Å². The van der Waals surface area contributed by atoms with E-state index >= 15 is 0 Å². The largest absolute Gasteiger partial charge is 0.326 e. The van der Waals surface area contributed by atoms with Gasteiger partial charge in [-0.2, -0.15) is 0 Å². The van der Waals surface area contributed by atoms with Crippen molar-refractivity contribution in [2.75, 3.05) is 18.4 Å². The van der Waals surface area contributed by atoms with Crippen LogP contribution in [0.1, 0.15) is 6.42 Å². The Morgan fingerprint density at radius 3 is 2.76 bits per heavy atom. The molecule has 4 nitrogen and oxygen atoms in total. The maximum Gasteiger partial charge on any atom is 0.321 e. The number of hydrogen-bond acceptors (Lipinski definition) is 2. The summed E-state index contributed by atoms with van der Waals surface area (Å²) in [6.45, 7) is 1.06. The fraction of sp³-hybridized carbons (Fsp3) is 0.364. The number of nitrogens with one attached hydrogen (secondary N) is 1. The minimum atomic E-state index is -0.985. The number of carbonyl (C=O) groups excluding carboxylic acids is 1. The molecule has 0 spiro atoms. The van der Waals surface area contributed by atoms with Crippen molar-refractivity contribution in [3.63, 3.8) is 0 Å². The van der Waals surface area contributed by atoms with E-state index in [2.05, 4.69) is 5.32 Å². The summed E-state index contributed by atoms with van der Waals surface area (Å²) in [5.41, 5.74) is 5.90. The predicted molar refractivity (Wildman–Crippen MR) is 59.5 cm³/mol. The van der Waals surface area contributed by atoms with Gasteiger partial charge in [0.1, 0.15) is 0 Å². The van der Waals surface area contributed by atoms with Crippen molar-refractivity contribution in [1.29, 1.82) is 0 Å². The SMILES string of the molecule is NC1CCN(C(=O)Nc2ccc(F)c(F)c2)C1. The lowest BCUT2D eigenvalue weighted by molar-refractivity contribution is 0.222. The molecule has 2 rings (SSSR count). The number of nitrogens with two attached hydrogens (primary N) is 1. The Balaban J connectivity index is 2.00. The molecule has 1 aromatic carbocycles. The average Bonchev–Trinajstić information content (AvgIpc) is 2.70. The highest BCUT2D eigenvalue weighted by Gasteiger charge is 2.23. The Kier molecular flexibility index (Phi) is 3.23. The minimum absolute atomic E-state index is 0.00861. The molecule has 1 atom stereocenters. The lowest BCUT2D eigenvalue weighted by Crippen LogP contribution is -2.35. The van der Waals surface area contributed by atoms with Crippen LogP contribution in [-0.2, 0) is 0 Å². The molecule has 0 aliphatic carbocycles. The molecule has 0 radical (unpaired) electrons. The molecule has 0 aromatic heterocycles. The van der Waals surface area contributed by atoms with E-state index in [4.69, 9.17) is 5.73 Å². The molecule has 3 N–H and O–H groups in total. The van der Waals surface area contributed by atoms with E-state index in [1.165, 1.54) is 6.07 Å². The highest BCUT2D eigenvalue weighted by Crippen LogP contribution is 2.15. The number of halogens is 2. The number of rotatable bonds is 1. The van der Waals surface area contributed by atoms with Gasteiger partial charge in [0.15, 0.2) is 11.6 Å². The van der Waals surface area contributed by atoms with Crippen LogP contribution in [0.4, 0.5) is 19.3 Å². The summed E-state index contributed by atoms with van der Waals surface area (Å²) in [6, 6.07) is 2.88. The number of benzene rings is 1. The van der Waals surface area contributed by atoms with Gasteiger partial charge in [-0.05, 0) is 18.6 Å².